The molecule has 26 heavy (non-hydrogen) atoms. The van der Waals surface area contributed by atoms with Crippen molar-refractivity contribution < 1.29 is 19.0 Å². The van der Waals surface area contributed by atoms with Crippen molar-refractivity contribution in [3.05, 3.63) is 71.8 Å². The zero-order valence-corrected chi connectivity index (χ0v) is 15.0. The predicted octanol–water partition coefficient (Wildman–Crippen LogP) is 3.17. The Bertz CT molecular complexity index is 745. The molecular formula is C21H23NO4. The summed E-state index contributed by atoms with van der Waals surface area (Å²) in [5, 5.41) is 0. The molecule has 0 saturated carbocycles. The number of carbonyl (C=O) groups is 1. The molecule has 2 aromatic rings. The quantitative estimate of drug-likeness (QED) is 0.718. The van der Waals surface area contributed by atoms with Crippen LogP contribution in [0, 0.1) is 0 Å². The molecule has 0 aromatic heterocycles. The maximum atomic E-state index is 12.1. The number of nitrogens with zero attached hydrogens (tertiary/aromatic N) is 1. The summed E-state index contributed by atoms with van der Waals surface area (Å²) in [5.41, 5.74) is 2.14. The summed E-state index contributed by atoms with van der Waals surface area (Å²) < 4.78 is 16.8. The molecule has 5 nitrogen and oxygen atoms in total. The Morgan fingerprint density at radius 1 is 1.08 bits per heavy atom. The highest BCUT2D eigenvalue weighted by molar-refractivity contribution is 5.87. The van der Waals surface area contributed by atoms with Crippen LogP contribution in [0.1, 0.15) is 18.1 Å². The SMILES string of the molecule is COC(=O)[C@@H]1N=C(Cc2ccccc2)O[C@@H]1[C@H](C)OCc1ccccc1. The molecule has 0 N–H and O–H groups in total. The van der Waals surface area contributed by atoms with Crippen molar-refractivity contribution in [2.75, 3.05) is 7.11 Å². The third-order valence-corrected chi connectivity index (χ3v) is 4.33. The Kier molecular flexibility index (Phi) is 6.02. The highest BCUT2D eigenvalue weighted by Gasteiger charge is 2.41. The number of benzene rings is 2. The third-order valence-electron chi connectivity index (χ3n) is 4.33. The van der Waals surface area contributed by atoms with Crippen LogP contribution < -0.4 is 0 Å². The van der Waals surface area contributed by atoms with Crippen molar-refractivity contribution in [1.82, 2.24) is 0 Å². The average Bonchev–Trinajstić information content (AvgIpc) is 3.11. The number of hydrogen-bond acceptors (Lipinski definition) is 5. The van der Waals surface area contributed by atoms with Crippen LogP contribution in [-0.2, 0) is 32.0 Å². The van der Waals surface area contributed by atoms with E-state index in [1.54, 1.807) is 0 Å². The van der Waals surface area contributed by atoms with E-state index in [0.717, 1.165) is 11.1 Å². The lowest BCUT2D eigenvalue weighted by Gasteiger charge is -2.23. The first-order chi connectivity index (χ1) is 12.7. The van der Waals surface area contributed by atoms with E-state index < -0.39 is 18.1 Å². The van der Waals surface area contributed by atoms with Gasteiger partial charge < -0.3 is 14.2 Å². The van der Waals surface area contributed by atoms with E-state index in [0.29, 0.717) is 18.9 Å². The van der Waals surface area contributed by atoms with Gasteiger partial charge in [-0.3, -0.25) is 0 Å². The monoisotopic (exact) mass is 353 g/mol. The van der Waals surface area contributed by atoms with Crippen molar-refractivity contribution in [3.63, 3.8) is 0 Å². The maximum absolute atomic E-state index is 12.1. The topological polar surface area (TPSA) is 57.1 Å². The van der Waals surface area contributed by atoms with Crippen molar-refractivity contribution in [2.45, 2.75) is 38.2 Å². The van der Waals surface area contributed by atoms with Gasteiger partial charge in [0.15, 0.2) is 18.0 Å². The summed E-state index contributed by atoms with van der Waals surface area (Å²) in [5.74, 6) is 0.125. The Morgan fingerprint density at radius 3 is 2.31 bits per heavy atom. The van der Waals surface area contributed by atoms with Gasteiger partial charge in [0, 0.05) is 6.42 Å². The van der Waals surface area contributed by atoms with Gasteiger partial charge in [0.2, 0.25) is 0 Å². The zero-order valence-electron chi connectivity index (χ0n) is 15.0. The molecule has 0 aliphatic carbocycles. The summed E-state index contributed by atoms with van der Waals surface area (Å²) in [4.78, 5) is 16.6. The molecule has 0 saturated heterocycles. The van der Waals surface area contributed by atoms with Crippen LogP contribution in [0.15, 0.2) is 65.7 Å². The van der Waals surface area contributed by atoms with Crippen molar-refractivity contribution >= 4 is 11.9 Å². The smallest absolute Gasteiger partial charge is 0.334 e. The van der Waals surface area contributed by atoms with E-state index in [1.807, 2.05) is 67.6 Å². The fourth-order valence-corrected chi connectivity index (χ4v) is 2.90. The normalized spacial score (nSPS) is 20.2. The van der Waals surface area contributed by atoms with Gasteiger partial charge in [-0.2, -0.15) is 0 Å². The van der Waals surface area contributed by atoms with Crippen LogP contribution in [0.4, 0.5) is 0 Å². The lowest BCUT2D eigenvalue weighted by molar-refractivity contribution is -0.146. The second kappa shape index (κ2) is 8.63. The van der Waals surface area contributed by atoms with E-state index in [4.69, 9.17) is 14.2 Å². The zero-order chi connectivity index (χ0) is 18.4. The Hall–Kier alpha value is -2.66. The third kappa shape index (κ3) is 4.49. The van der Waals surface area contributed by atoms with E-state index in [-0.39, 0.29) is 6.10 Å². The largest absolute Gasteiger partial charge is 0.472 e. The van der Waals surface area contributed by atoms with E-state index in [1.165, 1.54) is 7.11 Å². The fraction of sp³-hybridized carbons (Fsp3) is 0.333. The van der Waals surface area contributed by atoms with Crippen molar-refractivity contribution in [1.29, 1.82) is 0 Å². The number of rotatable bonds is 7. The molecule has 0 radical (unpaired) electrons. The lowest BCUT2D eigenvalue weighted by atomic mass is 10.1. The lowest BCUT2D eigenvalue weighted by Crippen LogP contribution is -2.40. The Labute approximate surface area is 153 Å². The highest BCUT2D eigenvalue weighted by atomic mass is 16.6. The van der Waals surface area contributed by atoms with Gasteiger partial charge in [-0.05, 0) is 18.1 Å². The Balaban J connectivity index is 1.66. The molecule has 1 heterocycles. The number of hydrogen-bond donors (Lipinski definition) is 0. The van der Waals surface area contributed by atoms with Gasteiger partial charge in [0.1, 0.15) is 0 Å². The molecule has 0 fully saturated rings. The summed E-state index contributed by atoms with van der Waals surface area (Å²) in [7, 11) is 1.36. The standard InChI is InChI=1S/C21H23NO4/c1-15(25-14-17-11-7-4-8-12-17)20-19(21(23)24-2)22-18(26-20)13-16-9-5-3-6-10-16/h3-12,15,19-20H,13-14H2,1-2H3/t15-,19+,20+/m0/s1. The van der Waals surface area contributed by atoms with Crippen LogP contribution in [0.25, 0.3) is 0 Å². The van der Waals surface area contributed by atoms with Gasteiger partial charge >= 0.3 is 5.97 Å². The minimum Gasteiger partial charge on any atom is -0.472 e. The summed E-state index contributed by atoms with van der Waals surface area (Å²) >= 11 is 0. The first-order valence-corrected chi connectivity index (χ1v) is 8.68. The van der Waals surface area contributed by atoms with Gasteiger partial charge in [0.05, 0.1) is 19.8 Å². The van der Waals surface area contributed by atoms with Crippen LogP contribution in [0.5, 0.6) is 0 Å². The van der Waals surface area contributed by atoms with Gasteiger partial charge in [-0.1, -0.05) is 60.7 Å². The molecule has 3 rings (SSSR count). The van der Waals surface area contributed by atoms with Gasteiger partial charge in [0.25, 0.3) is 0 Å². The Morgan fingerprint density at radius 2 is 1.69 bits per heavy atom. The molecule has 0 spiro atoms. The summed E-state index contributed by atoms with van der Waals surface area (Å²) in [6.45, 7) is 2.34. The van der Waals surface area contributed by atoms with E-state index >= 15 is 0 Å². The maximum Gasteiger partial charge on any atom is 0.334 e. The van der Waals surface area contributed by atoms with Crippen molar-refractivity contribution in [2.24, 2.45) is 4.99 Å². The van der Waals surface area contributed by atoms with Crippen LogP contribution >= 0.6 is 0 Å². The van der Waals surface area contributed by atoms with E-state index in [2.05, 4.69) is 4.99 Å². The molecular weight excluding hydrogens is 330 g/mol. The summed E-state index contributed by atoms with van der Waals surface area (Å²) in [6.07, 6.45) is -0.267. The predicted molar refractivity (Wildman–Crippen MR) is 99.0 cm³/mol. The first-order valence-electron chi connectivity index (χ1n) is 8.68. The molecule has 5 heteroatoms. The van der Waals surface area contributed by atoms with Crippen LogP contribution in [0.2, 0.25) is 0 Å². The van der Waals surface area contributed by atoms with Crippen LogP contribution in [0.3, 0.4) is 0 Å². The van der Waals surface area contributed by atoms with E-state index in [9.17, 15) is 4.79 Å². The minimum atomic E-state index is -0.704. The second-order valence-corrected chi connectivity index (χ2v) is 6.24. The number of methoxy groups -OCH3 is 1. The van der Waals surface area contributed by atoms with Gasteiger partial charge in [-0.25, -0.2) is 9.79 Å². The number of esters is 1. The second-order valence-electron chi connectivity index (χ2n) is 6.24. The molecule has 1 aliphatic heterocycles. The van der Waals surface area contributed by atoms with Crippen molar-refractivity contribution in [3.8, 4) is 0 Å². The van der Waals surface area contributed by atoms with Crippen LogP contribution in [-0.4, -0.2) is 37.2 Å². The number of aliphatic imine (C=N–C) groups is 1. The van der Waals surface area contributed by atoms with Gasteiger partial charge in [-0.15, -0.1) is 0 Å². The molecule has 1 aliphatic rings. The fourth-order valence-electron chi connectivity index (χ4n) is 2.90. The molecule has 0 unspecified atom stereocenters. The highest BCUT2D eigenvalue weighted by Crippen LogP contribution is 2.23. The molecule has 3 atom stereocenters. The number of ether oxygens (including phenoxy) is 3. The number of carbonyl (C=O) groups excluding carboxylic acids is 1. The minimum absolute atomic E-state index is 0.309. The first kappa shape index (κ1) is 18.1. The molecule has 136 valence electrons. The average molecular weight is 353 g/mol. The molecule has 2 aromatic carbocycles. The molecule has 0 bridgehead atoms. The summed E-state index contributed by atoms with van der Waals surface area (Å²) in [6, 6.07) is 19.1. The molecule has 0 amide bonds.